The molecule has 1 atom stereocenters. The second-order valence-electron chi connectivity index (χ2n) is 15.9. The number of piperazine rings is 1. The molecule has 2 aliphatic rings. The predicted octanol–water partition coefficient (Wildman–Crippen LogP) is 11.3. The van der Waals surface area contributed by atoms with Crippen LogP contribution in [-0.4, -0.2) is 79.5 Å². The third-order valence-electron chi connectivity index (χ3n) is 11.5. The number of halogens is 1. The Morgan fingerprint density at radius 2 is 1.40 bits per heavy atom. The molecule has 3 aromatic rings. The number of carbonyl (C=O) groups is 3. The number of amides is 1. The molecule has 0 radical (unpaired) electrons. The number of ether oxygens (including phenoxy) is 3. The smallest absolute Gasteiger partial charge is 0.462 e. The van der Waals surface area contributed by atoms with E-state index in [1.807, 2.05) is 12.1 Å². The van der Waals surface area contributed by atoms with Crippen LogP contribution in [0.4, 0.5) is 16.3 Å². The van der Waals surface area contributed by atoms with Crippen molar-refractivity contribution in [1.82, 2.24) is 9.27 Å². The molecule has 320 valence electrons. The van der Waals surface area contributed by atoms with Crippen LogP contribution < -0.4 is 9.80 Å². The van der Waals surface area contributed by atoms with Crippen molar-refractivity contribution < 1.29 is 28.6 Å². The lowest BCUT2D eigenvalue weighted by atomic mass is 10.0. The van der Waals surface area contributed by atoms with Gasteiger partial charge in [0.25, 0.3) is 6.23 Å². The van der Waals surface area contributed by atoms with Crippen molar-refractivity contribution in [3.05, 3.63) is 52.5 Å². The third-order valence-corrected chi connectivity index (χ3v) is 12.7. The summed E-state index contributed by atoms with van der Waals surface area (Å²) >= 11 is 8.35. The molecule has 3 heterocycles. The van der Waals surface area contributed by atoms with Crippen LogP contribution in [0.2, 0.25) is 5.02 Å². The molecule has 0 bridgehead atoms. The molecule has 1 unspecified atom stereocenters. The van der Waals surface area contributed by atoms with Gasteiger partial charge in [0.1, 0.15) is 5.82 Å². The van der Waals surface area contributed by atoms with Crippen LogP contribution in [-0.2, 0) is 36.6 Å². The molecule has 58 heavy (non-hydrogen) atoms. The van der Waals surface area contributed by atoms with Gasteiger partial charge in [-0.25, -0.2) is 9.59 Å². The van der Waals surface area contributed by atoms with Gasteiger partial charge in [0.05, 0.1) is 30.0 Å². The lowest BCUT2D eigenvalue weighted by molar-refractivity contribution is -0.155. The van der Waals surface area contributed by atoms with Crippen LogP contribution >= 0.6 is 23.1 Å². The van der Waals surface area contributed by atoms with E-state index in [1.165, 1.54) is 111 Å². The van der Waals surface area contributed by atoms with Crippen molar-refractivity contribution >= 4 is 62.8 Å². The van der Waals surface area contributed by atoms with Crippen molar-refractivity contribution in [1.29, 1.82) is 0 Å². The van der Waals surface area contributed by atoms with Crippen molar-refractivity contribution in [3.63, 3.8) is 0 Å². The fourth-order valence-corrected chi connectivity index (χ4v) is 9.17. The number of benzene rings is 2. The summed E-state index contributed by atoms with van der Waals surface area (Å²) < 4.78 is 22.0. The van der Waals surface area contributed by atoms with E-state index in [9.17, 15) is 14.4 Å². The van der Waals surface area contributed by atoms with Crippen LogP contribution in [0, 0.1) is 0 Å². The van der Waals surface area contributed by atoms with Gasteiger partial charge >= 0.3 is 12.1 Å². The molecular weight excluding hydrogens is 772 g/mol. The average Bonchev–Trinajstić information content (AvgIpc) is 3.80. The maximum absolute atomic E-state index is 13.4. The van der Waals surface area contributed by atoms with Gasteiger partial charge < -0.3 is 19.1 Å². The highest BCUT2D eigenvalue weighted by atomic mass is 35.5. The highest BCUT2D eigenvalue weighted by molar-refractivity contribution is 7.13. The maximum Gasteiger partial charge on any atom is 0.510 e. The van der Waals surface area contributed by atoms with Crippen molar-refractivity contribution in [2.24, 2.45) is 0 Å². The SMILES string of the molecule is CCCCCCCCCCCCCCCCCCCCOC(=O)OC(C(=O)OCC)N1C(=O)Cc2cc(CCN3CCN(c4nsc5ccccc45)CC3)c(Cl)cc21. The summed E-state index contributed by atoms with van der Waals surface area (Å²) in [5.41, 5.74) is 2.10. The number of hydrogen-bond acceptors (Lipinski definition) is 10. The molecule has 2 aromatic carbocycles. The van der Waals surface area contributed by atoms with Gasteiger partial charge in [0.15, 0.2) is 0 Å². The molecular formula is C46H67ClN4O6S. The molecule has 0 N–H and O–H groups in total. The van der Waals surface area contributed by atoms with Gasteiger partial charge in [-0.1, -0.05) is 146 Å². The number of hydrogen-bond donors (Lipinski definition) is 0. The van der Waals surface area contributed by atoms with E-state index >= 15 is 0 Å². The summed E-state index contributed by atoms with van der Waals surface area (Å²) in [6.45, 7) is 8.62. The van der Waals surface area contributed by atoms with Crippen LogP contribution in [0.1, 0.15) is 141 Å². The highest BCUT2D eigenvalue weighted by Gasteiger charge is 2.41. The lowest BCUT2D eigenvalue weighted by Crippen LogP contribution is -2.47. The van der Waals surface area contributed by atoms with Crippen LogP contribution in [0.3, 0.4) is 0 Å². The number of fused-ring (bicyclic) bond motifs is 2. The minimum absolute atomic E-state index is 0.0629. The molecule has 0 saturated carbocycles. The van der Waals surface area contributed by atoms with Gasteiger partial charge in [-0.05, 0) is 60.6 Å². The first kappa shape index (κ1) is 45.7. The zero-order chi connectivity index (χ0) is 41.0. The van der Waals surface area contributed by atoms with E-state index in [4.69, 9.17) is 30.2 Å². The van der Waals surface area contributed by atoms with Gasteiger partial charge in [0, 0.05) is 43.1 Å². The van der Waals surface area contributed by atoms with E-state index < -0.39 is 18.4 Å². The zero-order valence-electron chi connectivity index (χ0n) is 35.2. The largest absolute Gasteiger partial charge is 0.510 e. The van der Waals surface area contributed by atoms with E-state index in [2.05, 4.69) is 34.9 Å². The molecule has 0 spiro atoms. The van der Waals surface area contributed by atoms with Crippen molar-refractivity contribution in [3.8, 4) is 0 Å². The van der Waals surface area contributed by atoms with Crippen molar-refractivity contribution in [2.75, 3.05) is 55.7 Å². The van der Waals surface area contributed by atoms with E-state index in [1.54, 1.807) is 24.5 Å². The highest BCUT2D eigenvalue weighted by Crippen LogP contribution is 2.36. The summed E-state index contributed by atoms with van der Waals surface area (Å²) in [4.78, 5) is 45.2. The Kier molecular flexibility index (Phi) is 19.9. The van der Waals surface area contributed by atoms with Crippen molar-refractivity contribution in [2.45, 2.75) is 148 Å². The topological polar surface area (TPSA) is 102 Å². The Bertz CT molecular complexity index is 1710. The number of rotatable bonds is 27. The summed E-state index contributed by atoms with van der Waals surface area (Å²) in [5, 5.41) is 1.70. The first-order valence-electron chi connectivity index (χ1n) is 22.3. The molecule has 1 aromatic heterocycles. The Morgan fingerprint density at radius 3 is 2.02 bits per heavy atom. The Balaban J connectivity index is 0.979. The molecule has 5 rings (SSSR count). The van der Waals surface area contributed by atoms with Crippen LogP contribution in [0.25, 0.3) is 10.1 Å². The Hall–Kier alpha value is -3.41. The van der Waals surface area contributed by atoms with Crippen LogP contribution in [0.15, 0.2) is 36.4 Å². The molecule has 12 heteroatoms. The number of aromatic nitrogens is 1. The minimum Gasteiger partial charge on any atom is -0.462 e. The molecule has 1 fully saturated rings. The lowest BCUT2D eigenvalue weighted by Gasteiger charge is -2.35. The van der Waals surface area contributed by atoms with Gasteiger partial charge in [-0.15, -0.1) is 0 Å². The van der Waals surface area contributed by atoms with E-state index in [-0.39, 0.29) is 25.5 Å². The standard InChI is InChI=1S/C46H67ClN4O6S/c1-3-5-6-7-8-9-10-11-12-13-14-15-16-17-18-19-20-23-32-56-46(54)57-44(45(53)55-4-2)51-40-35-39(47)36(33-37(40)34-42(51)52)26-27-49-28-30-50(31-29-49)43-38-24-21-22-25-41(38)58-48-43/h21-22,24-25,33,35,44H,3-20,23,26-32,34H2,1-2H3. The van der Waals surface area contributed by atoms with Gasteiger partial charge in [-0.2, -0.15) is 4.37 Å². The number of unbranched alkanes of at least 4 members (excludes halogenated alkanes) is 17. The summed E-state index contributed by atoms with van der Waals surface area (Å²) in [5.74, 6) is -0.141. The number of carbonyl (C=O) groups excluding carboxylic acids is 3. The number of anilines is 2. The average molecular weight is 840 g/mol. The monoisotopic (exact) mass is 838 g/mol. The second-order valence-corrected chi connectivity index (χ2v) is 17.1. The summed E-state index contributed by atoms with van der Waals surface area (Å²) in [6, 6.07) is 12.0. The normalized spacial score (nSPS) is 14.9. The van der Waals surface area contributed by atoms with Crippen LogP contribution in [0.5, 0.6) is 0 Å². The second kappa shape index (κ2) is 25.3. The molecule has 0 aliphatic carbocycles. The first-order chi connectivity index (χ1) is 28.4. The molecule has 2 aliphatic heterocycles. The van der Waals surface area contributed by atoms with Gasteiger partial charge in [0.2, 0.25) is 5.91 Å². The molecule has 1 saturated heterocycles. The number of esters is 1. The fraction of sp³-hybridized carbons (Fsp3) is 0.652. The summed E-state index contributed by atoms with van der Waals surface area (Å²) in [7, 11) is 0. The van der Waals surface area contributed by atoms with E-state index in [0.29, 0.717) is 23.6 Å². The Labute approximate surface area is 356 Å². The zero-order valence-corrected chi connectivity index (χ0v) is 36.7. The first-order valence-corrected chi connectivity index (χ1v) is 23.5. The molecule has 1 amide bonds. The predicted molar refractivity (Wildman–Crippen MR) is 236 cm³/mol. The third kappa shape index (κ3) is 14.1. The Morgan fingerprint density at radius 1 is 0.793 bits per heavy atom. The summed E-state index contributed by atoms with van der Waals surface area (Å²) in [6.07, 6.45) is 21.1. The van der Waals surface area contributed by atoms with Gasteiger partial charge in [-0.3, -0.25) is 14.6 Å². The number of nitrogens with zero attached hydrogens (tertiary/aromatic N) is 4. The quantitative estimate of drug-likeness (QED) is 0.0548. The van der Waals surface area contributed by atoms with E-state index in [0.717, 1.165) is 62.5 Å². The minimum atomic E-state index is -1.60. The molecule has 10 nitrogen and oxygen atoms in total. The maximum atomic E-state index is 13.4. The fourth-order valence-electron chi connectivity index (χ4n) is 8.12.